The maximum Gasteiger partial charge on any atom is 0.252 e. The predicted molar refractivity (Wildman–Crippen MR) is 119 cm³/mol. The number of fused-ring (bicyclic) bond motifs is 2. The molecule has 4 aromatic rings. The number of hydrogen-bond donors (Lipinski definition) is 3. The lowest BCUT2D eigenvalue weighted by Gasteiger charge is -2.21. The minimum atomic E-state index is -0.168. The molecule has 1 aliphatic rings. The van der Waals surface area contributed by atoms with Crippen molar-refractivity contribution >= 4 is 22.6 Å². The molecule has 4 aromatic heterocycles. The molecule has 0 aliphatic heterocycles. The molecule has 8 heteroatoms. The number of H-pyrrole nitrogens is 1. The molecule has 0 radical (unpaired) electrons. The Morgan fingerprint density at radius 2 is 2.03 bits per heavy atom. The Kier molecular flexibility index (Phi) is 5.62. The van der Waals surface area contributed by atoms with E-state index in [4.69, 9.17) is 0 Å². The van der Waals surface area contributed by atoms with E-state index < -0.39 is 0 Å². The Hall–Kier alpha value is -3.26. The van der Waals surface area contributed by atoms with Crippen molar-refractivity contribution in [3.63, 3.8) is 0 Å². The molecular weight excluding hydrogens is 390 g/mol. The van der Waals surface area contributed by atoms with Crippen LogP contribution in [0, 0.1) is 5.92 Å². The van der Waals surface area contributed by atoms with Gasteiger partial charge < -0.3 is 15.0 Å². The van der Waals surface area contributed by atoms with Crippen LogP contribution < -0.4 is 10.6 Å². The third kappa shape index (κ3) is 4.44. The van der Waals surface area contributed by atoms with E-state index in [-0.39, 0.29) is 5.91 Å². The van der Waals surface area contributed by atoms with Crippen LogP contribution in [0.5, 0.6) is 0 Å². The molecule has 0 saturated heterocycles. The standard InChI is InChI=1S/C23H27N7O/c31-23(19-8-9-25-22-20(19)13-27-29-22)26-12-18-15-30-14-17(6-7-21(30)28-18)11-24-10-16-4-2-1-3-5-16/h6-9,13-16,24H,1-5,10-12H2,(H,26,31)(H,25,27,29). The smallest absolute Gasteiger partial charge is 0.252 e. The number of imidazole rings is 1. The zero-order valence-electron chi connectivity index (χ0n) is 17.5. The average molecular weight is 418 g/mol. The Morgan fingerprint density at radius 3 is 2.94 bits per heavy atom. The second-order valence-corrected chi connectivity index (χ2v) is 8.34. The van der Waals surface area contributed by atoms with Crippen LogP contribution in [-0.4, -0.2) is 37.0 Å². The van der Waals surface area contributed by atoms with Crippen LogP contribution in [0.3, 0.4) is 0 Å². The first kappa shape index (κ1) is 19.7. The van der Waals surface area contributed by atoms with Gasteiger partial charge in [0.05, 0.1) is 29.4 Å². The number of amides is 1. The predicted octanol–water partition coefficient (Wildman–Crippen LogP) is 3.21. The van der Waals surface area contributed by atoms with Crippen LogP contribution in [0.15, 0.2) is 43.0 Å². The second kappa shape index (κ2) is 8.85. The number of carbonyl (C=O) groups is 1. The summed E-state index contributed by atoms with van der Waals surface area (Å²) in [5.41, 5.74) is 4.08. The Bertz CT molecular complexity index is 1190. The fourth-order valence-electron chi connectivity index (χ4n) is 4.41. The van der Waals surface area contributed by atoms with Gasteiger partial charge in [-0.1, -0.05) is 25.3 Å². The van der Waals surface area contributed by atoms with Crippen molar-refractivity contribution in [2.45, 2.75) is 45.2 Å². The fourth-order valence-corrected chi connectivity index (χ4v) is 4.41. The first-order chi connectivity index (χ1) is 15.3. The lowest BCUT2D eigenvalue weighted by Crippen LogP contribution is -2.24. The van der Waals surface area contributed by atoms with Crippen LogP contribution in [0.2, 0.25) is 0 Å². The summed E-state index contributed by atoms with van der Waals surface area (Å²) in [5, 5.41) is 14.0. The van der Waals surface area contributed by atoms with Crippen molar-refractivity contribution in [3.05, 3.63) is 59.8 Å². The molecule has 31 heavy (non-hydrogen) atoms. The molecule has 3 N–H and O–H groups in total. The van der Waals surface area contributed by atoms with Crippen LogP contribution in [0.25, 0.3) is 16.7 Å². The molecule has 1 saturated carbocycles. The van der Waals surface area contributed by atoms with Crippen LogP contribution >= 0.6 is 0 Å². The second-order valence-electron chi connectivity index (χ2n) is 8.34. The first-order valence-corrected chi connectivity index (χ1v) is 11.0. The number of aromatic amines is 1. The van der Waals surface area contributed by atoms with Crippen LogP contribution in [0.1, 0.15) is 53.7 Å². The van der Waals surface area contributed by atoms with Gasteiger partial charge in [-0.2, -0.15) is 5.10 Å². The summed E-state index contributed by atoms with van der Waals surface area (Å²) in [4.78, 5) is 21.4. The molecule has 160 valence electrons. The van der Waals surface area contributed by atoms with Crippen LogP contribution in [0.4, 0.5) is 0 Å². The lowest BCUT2D eigenvalue weighted by atomic mass is 9.89. The lowest BCUT2D eigenvalue weighted by molar-refractivity contribution is 0.0952. The number of nitrogens with one attached hydrogen (secondary N) is 3. The summed E-state index contributed by atoms with van der Waals surface area (Å²) >= 11 is 0. The molecule has 4 heterocycles. The fraction of sp³-hybridized carbons (Fsp3) is 0.391. The van der Waals surface area contributed by atoms with E-state index in [0.29, 0.717) is 23.1 Å². The number of hydrogen-bond acceptors (Lipinski definition) is 5. The van der Waals surface area contributed by atoms with Gasteiger partial charge in [-0.05, 0) is 43.0 Å². The van der Waals surface area contributed by atoms with Gasteiger partial charge in [-0.25, -0.2) is 9.97 Å². The van der Waals surface area contributed by atoms with Crippen LogP contribution in [-0.2, 0) is 13.1 Å². The summed E-state index contributed by atoms with van der Waals surface area (Å²) in [5.74, 6) is 0.656. The van der Waals surface area contributed by atoms with Gasteiger partial charge >= 0.3 is 0 Å². The highest BCUT2D eigenvalue weighted by molar-refractivity contribution is 6.05. The topological polar surface area (TPSA) is 100 Å². The quantitative estimate of drug-likeness (QED) is 0.429. The average Bonchev–Trinajstić information content (AvgIpc) is 3.44. The molecular formula is C23H27N7O. The van der Waals surface area contributed by atoms with E-state index in [0.717, 1.165) is 30.3 Å². The normalized spacial score (nSPS) is 15.0. The third-order valence-corrected chi connectivity index (χ3v) is 6.08. The van der Waals surface area contributed by atoms with E-state index in [9.17, 15) is 4.79 Å². The van der Waals surface area contributed by atoms with Crippen molar-refractivity contribution in [2.24, 2.45) is 5.92 Å². The van der Waals surface area contributed by atoms with E-state index >= 15 is 0 Å². The molecule has 0 atom stereocenters. The highest BCUT2D eigenvalue weighted by Crippen LogP contribution is 2.22. The van der Waals surface area contributed by atoms with Gasteiger partial charge in [0.15, 0.2) is 5.65 Å². The summed E-state index contributed by atoms with van der Waals surface area (Å²) in [7, 11) is 0. The Morgan fingerprint density at radius 1 is 1.13 bits per heavy atom. The van der Waals surface area contributed by atoms with E-state index in [1.807, 2.05) is 16.7 Å². The zero-order valence-corrected chi connectivity index (χ0v) is 17.5. The highest BCUT2D eigenvalue weighted by Gasteiger charge is 2.14. The first-order valence-electron chi connectivity index (χ1n) is 11.0. The zero-order chi connectivity index (χ0) is 21.0. The molecule has 1 fully saturated rings. The van der Waals surface area contributed by atoms with Gasteiger partial charge in [0.1, 0.15) is 5.65 Å². The van der Waals surface area contributed by atoms with Crippen molar-refractivity contribution in [2.75, 3.05) is 6.54 Å². The van der Waals surface area contributed by atoms with E-state index in [1.165, 1.54) is 37.7 Å². The summed E-state index contributed by atoms with van der Waals surface area (Å²) in [6, 6.07) is 5.84. The minimum absolute atomic E-state index is 0.168. The molecule has 1 aliphatic carbocycles. The number of carbonyl (C=O) groups excluding carboxylic acids is 1. The van der Waals surface area contributed by atoms with E-state index in [1.54, 1.807) is 18.5 Å². The minimum Gasteiger partial charge on any atom is -0.346 e. The molecule has 0 aromatic carbocycles. The highest BCUT2D eigenvalue weighted by atomic mass is 16.1. The number of nitrogens with zero attached hydrogens (tertiary/aromatic N) is 4. The van der Waals surface area contributed by atoms with Crippen molar-refractivity contribution in [1.29, 1.82) is 0 Å². The van der Waals surface area contributed by atoms with Gasteiger partial charge in [0.2, 0.25) is 0 Å². The Labute approximate surface area is 180 Å². The number of rotatable bonds is 7. The molecule has 5 rings (SSSR count). The summed E-state index contributed by atoms with van der Waals surface area (Å²) in [6.45, 7) is 2.31. The van der Waals surface area contributed by atoms with Crippen molar-refractivity contribution in [3.8, 4) is 0 Å². The van der Waals surface area contributed by atoms with Crippen molar-refractivity contribution < 1.29 is 4.79 Å². The maximum absolute atomic E-state index is 12.6. The van der Waals surface area contributed by atoms with Gasteiger partial charge in [0, 0.05) is 25.1 Å². The summed E-state index contributed by atoms with van der Waals surface area (Å²) < 4.78 is 2.03. The largest absolute Gasteiger partial charge is 0.346 e. The molecule has 1 amide bonds. The third-order valence-electron chi connectivity index (χ3n) is 6.08. The molecule has 8 nitrogen and oxygen atoms in total. The van der Waals surface area contributed by atoms with Gasteiger partial charge in [-0.15, -0.1) is 0 Å². The number of aromatic nitrogens is 5. The number of pyridine rings is 2. The molecule has 0 spiro atoms. The van der Waals surface area contributed by atoms with Gasteiger partial charge in [0.25, 0.3) is 5.91 Å². The van der Waals surface area contributed by atoms with E-state index in [2.05, 4.69) is 43.1 Å². The molecule has 0 bridgehead atoms. The SMILES string of the molecule is O=C(NCc1cn2cc(CNCC3CCCCC3)ccc2n1)c1ccnc2[nH]ncc12. The summed E-state index contributed by atoms with van der Waals surface area (Å²) in [6.07, 6.45) is 14.2. The van der Waals surface area contributed by atoms with Gasteiger partial charge in [-0.3, -0.25) is 9.89 Å². The Balaban J connectivity index is 1.19. The monoisotopic (exact) mass is 417 g/mol. The van der Waals surface area contributed by atoms with Crippen molar-refractivity contribution in [1.82, 2.24) is 35.2 Å². The molecule has 0 unspecified atom stereocenters. The maximum atomic E-state index is 12.6.